The summed E-state index contributed by atoms with van der Waals surface area (Å²) in [4.78, 5) is 20.8. The first-order chi connectivity index (χ1) is 14.7. The number of aryl methyl sites for hydroxylation is 1. The van der Waals surface area contributed by atoms with Crippen LogP contribution in [0.4, 0.5) is 10.1 Å². The molecule has 6 nitrogen and oxygen atoms in total. The van der Waals surface area contributed by atoms with Gasteiger partial charge in [-0.05, 0) is 55.9 Å². The van der Waals surface area contributed by atoms with E-state index in [2.05, 4.69) is 21.0 Å². The van der Waals surface area contributed by atoms with Crippen LogP contribution in [-0.2, 0) is 11.2 Å². The van der Waals surface area contributed by atoms with E-state index in [1.54, 1.807) is 12.3 Å². The molecule has 7 heteroatoms. The molecule has 2 atom stereocenters. The van der Waals surface area contributed by atoms with Crippen molar-refractivity contribution in [1.82, 2.24) is 19.5 Å². The average Bonchev–Trinajstić information content (AvgIpc) is 3.33. The normalized spacial score (nSPS) is 20.8. The summed E-state index contributed by atoms with van der Waals surface area (Å²) < 4.78 is 16.1. The summed E-state index contributed by atoms with van der Waals surface area (Å²) in [7, 11) is 0. The molecule has 1 amide bonds. The summed E-state index contributed by atoms with van der Waals surface area (Å²) in [6, 6.07) is 8.32. The van der Waals surface area contributed by atoms with Crippen LogP contribution < -0.4 is 4.90 Å². The minimum atomic E-state index is -0.276. The van der Waals surface area contributed by atoms with Crippen LogP contribution >= 0.6 is 0 Å². The van der Waals surface area contributed by atoms with E-state index in [0.29, 0.717) is 25.2 Å². The number of unbranched alkanes of at least 4 members (excludes halogenated alkanes) is 1. The van der Waals surface area contributed by atoms with Gasteiger partial charge < -0.3 is 9.80 Å². The number of nitrogens with zero attached hydrogens (tertiary/aromatic N) is 5. The van der Waals surface area contributed by atoms with Crippen molar-refractivity contribution in [3.63, 3.8) is 0 Å². The van der Waals surface area contributed by atoms with Gasteiger partial charge in [0.25, 0.3) is 0 Å². The fourth-order valence-corrected chi connectivity index (χ4v) is 5.05. The van der Waals surface area contributed by atoms with Crippen LogP contribution in [0.25, 0.3) is 5.52 Å². The van der Waals surface area contributed by atoms with E-state index in [9.17, 15) is 9.18 Å². The van der Waals surface area contributed by atoms with E-state index in [0.717, 1.165) is 37.6 Å². The van der Waals surface area contributed by atoms with Crippen molar-refractivity contribution in [3.05, 3.63) is 60.4 Å². The second-order valence-electron chi connectivity index (χ2n) is 8.32. The molecule has 156 valence electrons. The number of pyridine rings is 2. The maximum absolute atomic E-state index is 14.2. The molecule has 2 aliphatic heterocycles. The van der Waals surface area contributed by atoms with Gasteiger partial charge in [-0.25, -0.2) is 8.91 Å². The Balaban J connectivity index is 1.15. The highest BCUT2D eigenvalue weighted by molar-refractivity contribution is 5.77. The number of likely N-dealkylation sites (tertiary alicyclic amines) is 1. The van der Waals surface area contributed by atoms with Crippen molar-refractivity contribution < 1.29 is 9.18 Å². The Bertz CT molecular complexity index is 1040. The van der Waals surface area contributed by atoms with E-state index < -0.39 is 0 Å². The molecular formula is C23H26FN5O. The zero-order valence-corrected chi connectivity index (χ0v) is 17.0. The zero-order valence-electron chi connectivity index (χ0n) is 17.0. The lowest BCUT2D eigenvalue weighted by Gasteiger charge is -2.42. The largest absolute Gasteiger partial charge is 0.360 e. The third-order valence-electron chi connectivity index (χ3n) is 6.47. The molecule has 2 saturated heterocycles. The van der Waals surface area contributed by atoms with E-state index in [4.69, 9.17) is 0 Å². The van der Waals surface area contributed by atoms with Crippen LogP contribution in [0.3, 0.4) is 0 Å². The van der Waals surface area contributed by atoms with Crippen molar-refractivity contribution in [2.45, 2.75) is 50.6 Å². The van der Waals surface area contributed by atoms with Gasteiger partial charge in [-0.1, -0.05) is 6.07 Å². The molecule has 0 spiro atoms. The number of carbonyl (C=O) groups excluding carboxylic acids is 1. The summed E-state index contributed by atoms with van der Waals surface area (Å²) in [6.45, 7) is 1.37. The number of hydrogen-bond donors (Lipinski definition) is 0. The molecule has 0 aliphatic carbocycles. The minimum absolute atomic E-state index is 0.198. The standard InChI is InChI=1S/C23H26FN5O/c24-20-14-25-11-9-22(20)29-18-7-8-19(29)16-27(15-18)23(30)6-2-1-4-17-5-3-13-28-21(17)10-12-26-28/h3,5,9-14,18-19H,1-2,4,6-8,15-16H2. The van der Waals surface area contributed by atoms with Gasteiger partial charge in [-0.3, -0.25) is 9.78 Å². The Labute approximate surface area is 175 Å². The first kappa shape index (κ1) is 19.0. The lowest BCUT2D eigenvalue weighted by Crippen LogP contribution is -2.55. The Kier molecular flexibility index (Phi) is 5.11. The smallest absolute Gasteiger partial charge is 0.222 e. The van der Waals surface area contributed by atoms with E-state index in [-0.39, 0.29) is 23.8 Å². The highest BCUT2D eigenvalue weighted by atomic mass is 19.1. The van der Waals surface area contributed by atoms with Crippen molar-refractivity contribution in [2.75, 3.05) is 18.0 Å². The maximum Gasteiger partial charge on any atom is 0.222 e. The Hall–Kier alpha value is -2.96. The van der Waals surface area contributed by atoms with Gasteiger partial charge in [0.1, 0.15) is 0 Å². The van der Waals surface area contributed by atoms with Gasteiger partial charge in [-0.15, -0.1) is 0 Å². The third kappa shape index (κ3) is 3.53. The monoisotopic (exact) mass is 407 g/mol. The quantitative estimate of drug-likeness (QED) is 0.587. The molecule has 30 heavy (non-hydrogen) atoms. The molecular weight excluding hydrogens is 381 g/mol. The maximum atomic E-state index is 14.2. The van der Waals surface area contributed by atoms with Crippen LogP contribution in [0, 0.1) is 5.82 Å². The fourth-order valence-electron chi connectivity index (χ4n) is 5.05. The Morgan fingerprint density at radius 3 is 2.73 bits per heavy atom. The first-order valence-corrected chi connectivity index (χ1v) is 10.8. The molecule has 5 rings (SSSR count). The Morgan fingerprint density at radius 1 is 1.10 bits per heavy atom. The molecule has 3 aromatic rings. The summed E-state index contributed by atoms with van der Waals surface area (Å²) in [5.41, 5.74) is 3.03. The van der Waals surface area contributed by atoms with Gasteiger partial charge in [-0.2, -0.15) is 5.10 Å². The number of piperazine rings is 1. The number of amides is 1. The fraction of sp³-hybridized carbons (Fsp3) is 0.435. The third-order valence-corrected chi connectivity index (χ3v) is 6.47. The van der Waals surface area contributed by atoms with Crippen molar-refractivity contribution in [1.29, 1.82) is 0 Å². The molecule has 5 heterocycles. The van der Waals surface area contributed by atoms with Crippen LogP contribution in [0.5, 0.6) is 0 Å². The Morgan fingerprint density at radius 2 is 1.93 bits per heavy atom. The number of rotatable bonds is 6. The van der Waals surface area contributed by atoms with Crippen molar-refractivity contribution in [3.8, 4) is 0 Å². The molecule has 3 aromatic heterocycles. The van der Waals surface area contributed by atoms with Crippen LogP contribution in [0.2, 0.25) is 0 Å². The summed E-state index contributed by atoms with van der Waals surface area (Å²) >= 11 is 0. The van der Waals surface area contributed by atoms with Crippen LogP contribution in [0.15, 0.2) is 49.1 Å². The summed E-state index contributed by atoms with van der Waals surface area (Å²) in [6.07, 6.45) is 12.1. The minimum Gasteiger partial charge on any atom is -0.360 e. The lowest BCUT2D eigenvalue weighted by molar-refractivity contribution is -0.132. The SMILES string of the molecule is O=C(CCCCc1cccn2nccc12)N1CC2CCC(C1)N2c1ccncc1F. The van der Waals surface area contributed by atoms with Gasteiger partial charge in [0.05, 0.1) is 17.4 Å². The molecule has 2 fully saturated rings. The van der Waals surface area contributed by atoms with Gasteiger partial charge >= 0.3 is 0 Å². The molecule has 2 aliphatic rings. The predicted octanol–water partition coefficient (Wildman–Crippen LogP) is 3.46. The highest BCUT2D eigenvalue weighted by Gasteiger charge is 2.42. The number of hydrogen-bond acceptors (Lipinski definition) is 4. The highest BCUT2D eigenvalue weighted by Crippen LogP contribution is 2.36. The number of fused-ring (bicyclic) bond motifs is 3. The van der Waals surface area contributed by atoms with E-state index in [1.807, 2.05) is 33.9 Å². The topological polar surface area (TPSA) is 53.7 Å². The van der Waals surface area contributed by atoms with Crippen LogP contribution in [-0.4, -0.2) is 50.6 Å². The summed E-state index contributed by atoms with van der Waals surface area (Å²) in [5, 5.41) is 4.28. The molecule has 0 N–H and O–H groups in total. The van der Waals surface area contributed by atoms with Crippen LogP contribution in [0.1, 0.15) is 37.7 Å². The average molecular weight is 407 g/mol. The second-order valence-corrected chi connectivity index (χ2v) is 8.32. The van der Waals surface area contributed by atoms with Crippen molar-refractivity contribution >= 4 is 17.1 Å². The van der Waals surface area contributed by atoms with Crippen molar-refractivity contribution in [2.24, 2.45) is 0 Å². The molecule has 0 saturated carbocycles. The number of aromatic nitrogens is 3. The molecule has 2 unspecified atom stereocenters. The molecule has 2 bridgehead atoms. The zero-order chi connectivity index (χ0) is 20.5. The van der Waals surface area contributed by atoms with E-state index in [1.165, 1.54) is 11.8 Å². The lowest BCUT2D eigenvalue weighted by atomic mass is 10.1. The molecule has 0 radical (unpaired) electrons. The first-order valence-electron chi connectivity index (χ1n) is 10.8. The summed E-state index contributed by atoms with van der Waals surface area (Å²) in [5.74, 6) is -0.0494. The predicted molar refractivity (Wildman–Crippen MR) is 113 cm³/mol. The van der Waals surface area contributed by atoms with Gasteiger partial charge in [0, 0.05) is 50.2 Å². The second kappa shape index (κ2) is 8.05. The number of carbonyl (C=O) groups is 1. The van der Waals surface area contributed by atoms with E-state index >= 15 is 0 Å². The molecule has 0 aromatic carbocycles. The number of anilines is 1. The van der Waals surface area contributed by atoms with Gasteiger partial charge in [0.2, 0.25) is 5.91 Å². The number of halogens is 1. The van der Waals surface area contributed by atoms with Gasteiger partial charge in [0.15, 0.2) is 5.82 Å².